The van der Waals surface area contributed by atoms with Crippen LogP contribution in [0, 0.1) is 0 Å². The maximum Gasteiger partial charge on any atom is 1.00 e. The number of para-hydroxylation sites is 1. The predicted octanol–water partition coefficient (Wildman–Crippen LogP) is -0.140. The fourth-order valence-electron chi connectivity index (χ4n) is 1.30. The second-order valence-corrected chi connectivity index (χ2v) is 3.07. The topological polar surface area (TPSA) is 29.5 Å². The molecule has 0 aliphatic carbocycles. The summed E-state index contributed by atoms with van der Waals surface area (Å²) in [6.07, 6.45) is 3.15. The molecule has 0 amide bonds. The van der Waals surface area contributed by atoms with Crippen molar-refractivity contribution in [1.82, 2.24) is 0 Å². The molecule has 2 nitrogen and oxygen atoms in total. The van der Waals surface area contributed by atoms with Gasteiger partial charge in [0.05, 0.1) is 7.11 Å². The SMILES string of the molecule is CCCCc1cccc(OC)c1O.[H-].[Na+]. The van der Waals surface area contributed by atoms with E-state index in [0.717, 1.165) is 24.8 Å². The average molecular weight is 204 g/mol. The Morgan fingerprint density at radius 3 is 2.71 bits per heavy atom. The van der Waals surface area contributed by atoms with Crippen LogP contribution < -0.4 is 34.3 Å². The van der Waals surface area contributed by atoms with Gasteiger partial charge in [-0.15, -0.1) is 0 Å². The van der Waals surface area contributed by atoms with Crippen LogP contribution in [0.4, 0.5) is 0 Å². The van der Waals surface area contributed by atoms with E-state index in [4.69, 9.17) is 4.74 Å². The molecule has 0 spiro atoms. The third kappa shape index (κ3) is 3.52. The maximum atomic E-state index is 9.69. The number of aryl methyl sites for hydroxylation is 1. The van der Waals surface area contributed by atoms with Gasteiger partial charge in [-0.1, -0.05) is 25.5 Å². The van der Waals surface area contributed by atoms with Crippen molar-refractivity contribution in [3.63, 3.8) is 0 Å². The molecule has 0 aliphatic rings. The summed E-state index contributed by atoms with van der Waals surface area (Å²) in [5, 5.41) is 9.69. The Kier molecular flexibility index (Phi) is 7.06. The molecule has 0 atom stereocenters. The molecular formula is C11H17NaO2. The van der Waals surface area contributed by atoms with E-state index in [-0.39, 0.29) is 31.0 Å². The molecule has 74 valence electrons. The second-order valence-electron chi connectivity index (χ2n) is 3.07. The van der Waals surface area contributed by atoms with E-state index < -0.39 is 0 Å². The number of unbranched alkanes of at least 4 members (excludes halogenated alkanes) is 1. The fraction of sp³-hybridized carbons (Fsp3) is 0.455. The van der Waals surface area contributed by atoms with Crippen molar-refractivity contribution < 1.29 is 40.8 Å². The van der Waals surface area contributed by atoms with Crippen LogP contribution in [-0.2, 0) is 6.42 Å². The van der Waals surface area contributed by atoms with Crippen molar-refractivity contribution >= 4 is 0 Å². The minimum absolute atomic E-state index is 0. The fourth-order valence-corrected chi connectivity index (χ4v) is 1.30. The molecule has 0 heterocycles. The number of aromatic hydroxyl groups is 1. The Morgan fingerprint density at radius 2 is 2.14 bits per heavy atom. The van der Waals surface area contributed by atoms with Crippen molar-refractivity contribution in [3.8, 4) is 11.5 Å². The van der Waals surface area contributed by atoms with Gasteiger partial charge >= 0.3 is 29.6 Å². The average Bonchev–Trinajstić information content (AvgIpc) is 2.16. The molecule has 0 aromatic heterocycles. The van der Waals surface area contributed by atoms with Crippen LogP contribution >= 0.6 is 0 Å². The number of rotatable bonds is 4. The normalized spacial score (nSPS) is 9.29. The molecule has 1 N–H and O–H groups in total. The quantitative estimate of drug-likeness (QED) is 0.692. The minimum Gasteiger partial charge on any atom is -1.00 e. The van der Waals surface area contributed by atoms with Crippen molar-refractivity contribution in [3.05, 3.63) is 23.8 Å². The zero-order chi connectivity index (χ0) is 9.68. The van der Waals surface area contributed by atoms with E-state index >= 15 is 0 Å². The first kappa shape index (κ1) is 13.8. The molecule has 0 bridgehead atoms. The Bertz CT molecular complexity index is 279. The molecule has 1 aromatic carbocycles. The predicted molar refractivity (Wildman–Crippen MR) is 54.4 cm³/mol. The Balaban J connectivity index is 0. The third-order valence-corrected chi connectivity index (χ3v) is 2.10. The molecule has 3 heteroatoms. The molecule has 0 fully saturated rings. The molecule has 1 aromatic rings. The van der Waals surface area contributed by atoms with E-state index in [1.807, 2.05) is 12.1 Å². The summed E-state index contributed by atoms with van der Waals surface area (Å²) in [7, 11) is 1.57. The van der Waals surface area contributed by atoms with Gasteiger partial charge in [-0.25, -0.2) is 0 Å². The Labute approximate surface area is 109 Å². The van der Waals surface area contributed by atoms with Crippen LogP contribution in [0.25, 0.3) is 0 Å². The zero-order valence-electron chi connectivity index (χ0n) is 10.2. The smallest absolute Gasteiger partial charge is 1.00 e. The van der Waals surface area contributed by atoms with Gasteiger partial charge in [0, 0.05) is 0 Å². The molecule has 0 radical (unpaired) electrons. The van der Waals surface area contributed by atoms with Crippen molar-refractivity contribution in [1.29, 1.82) is 0 Å². The first-order valence-electron chi connectivity index (χ1n) is 4.64. The number of hydrogen-bond acceptors (Lipinski definition) is 2. The van der Waals surface area contributed by atoms with Crippen molar-refractivity contribution in [2.75, 3.05) is 7.11 Å². The molecular weight excluding hydrogens is 187 g/mol. The van der Waals surface area contributed by atoms with Crippen LogP contribution in [0.1, 0.15) is 26.8 Å². The standard InChI is InChI=1S/C11H16O2.Na.H/c1-3-4-6-9-7-5-8-10(13-2)11(9)12;;/h5,7-8,12H,3-4,6H2,1-2H3;;/q;+1;-1. The summed E-state index contributed by atoms with van der Waals surface area (Å²) in [6.45, 7) is 2.14. The summed E-state index contributed by atoms with van der Waals surface area (Å²) in [4.78, 5) is 0. The Morgan fingerprint density at radius 1 is 1.43 bits per heavy atom. The third-order valence-electron chi connectivity index (χ3n) is 2.10. The van der Waals surface area contributed by atoms with Gasteiger partial charge in [0.1, 0.15) is 0 Å². The molecule has 1 rings (SSSR count). The van der Waals surface area contributed by atoms with Gasteiger partial charge in [-0.2, -0.15) is 0 Å². The number of hydrogen-bond donors (Lipinski definition) is 1. The number of methoxy groups -OCH3 is 1. The molecule has 0 saturated heterocycles. The first-order valence-corrected chi connectivity index (χ1v) is 4.64. The van der Waals surface area contributed by atoms with E-state index in [0.29, 0.717) is 11.5 Å². The van der Waals surface area contributed by atoms with Gasteiger partial charge in [-0.3, -0.25) is 0 Å². The molecule has 0 saturated carbocycles. The van der Waals surface area contributed by atoms with E-state index in [1.165, 1.54) is 0 Å². The summed E-state index contributed by atoms with van der Waals surface area (Å²) in [5.41, 5.74) is 0.973. The number of phenolic OH excluding ortho intramolecular Hbond substituents is 1. The van der Waals surface area contributed by atoms with Crippen LogP contribution in [0.5, 0.6) is 11.5 Å². The number of phenols is 1. The maximum absolute atomic E-state index is 9.69. The summed E-state index contributed by atoms with van der Waals surface area (Å²) < 4.78 is 5.02. The van der Waals surface area contributed by atoms with Gasteiger partial charge in [0.25, 0.3) is 0 Å². The summed E-state index contributed by atoms with van der Waals surface area (Å²) in [6, 6.07) is 5.61. The van der Waals surface area contributed by atoms with Gasteiger partial charge in [0.15, 0.2) is 11.5 Å². The first-order chi connectivity index (χ1) is 6.29. The molecule has 14 heavy (non-hydrogen) atoms. The van der Waals surface area contributed by atoms with Gasteiger partial charge < -0.3 is 11.3 Å². The summed E-state index contributed by atoms with van der Waals surface area (Å²) in [5.74, 6) is 0.854. The van der Waals surface area contributed by atoms with E-state index in [9.17, 15) is 5.11 Å². The Hall–Kier alpha value is -0.180. The van der Waals surface area contributed by atoms with Crippen molar-refractivity contribution in [2.24, 2.45) is 0 Å². The number of ether oxygens (including phenoxy) is 1. The van der Waals surface area contributed by atoms with Crippen LogP contribution in [0.2, 0.25) is 0 Å². The van der Waals surface area contributed by atoms with Crippen LogP contribution in [0.3, 0.4) is 0 Å². The largest absolute Gasteiger partial charge is 1.00 e. The zero-order valence-corrected chi connectivity index (χ0v) is 11.2. The summed E-state index contributed by atoms with van der Waals surface area (Å²) >= 11 is 0. The van der Waals surface area contributed by atoms with Gasteiger partial charge in [-0.05, 0) is 24.5 Å². The van der Waals surface area contributed by atoms with E-state index in [1.54, 1.807) is 13.2 Å². The van der Waals surface area contributed by atoms with Crippen molar-refractivity contribution in [2.45, 2.75) is 26.2 Å². The monoisotopic (exact) mass is 204 g/mol. The number of benzene rings is 1. The minimum atomic E-state index is 0. The molecule has 0 unspecified atom stereocenters. The second kappa shape index (κ2) is 7.16. The van der Waals surface area contributed by atoms with Crippen LogP contribution in [-0.4, -0.2) is 12.2 Å². The van der Waals surface area contributed by atoms with Crippen LogP contribution in [0.15, 0.2) is 18.2 Å². The van der Waals surface area contributed by atoms with Gasteiger partial charge in [0.2, 0.25) is 0 Å². The van der Waals surface area contributed by atoms with E-state index in [2.05, 4.69) is 6.92 Å². The molecule has 0 aliphatic heterocycles.